The zero-order chi connectivity index (χ0) is 15.8. The summed E-state index contributed by atoms with van der Waals surface area (Å²) >= 11 is 6.31. The second kappa shape index (κ2) is 5.48. The van der Waals surface area contributed by atoms with Gasteiger partial charge in [-0.05, 0) is 29.8 Å². The third-order valence-electron chi connectivity index (χ3n) is 3.73. The molecule has 0 spiro atoms. The zero-order valence-electron chi connectivity index (χ0n) is 11.9. The molecular weight excluding hydrogens is 313 g/mol. The Balaban J connectivity index is 2.04. The lowest BCUT2D eigenvalue weighted by molar-refractivity contribution is 0.628. The first-order valence-corrected chi connectivity index (χ1v) is 7.45. The number of para-hydroxylation sites is 1. The molecular formula is C18H11ClFN3. The van der Waals surface area contributed by atoms with Crippen molar-refractivity contribution in [3.8, 4) is 16.8 Å². The van der Waals surface area contributed by atoms with Gasteiger partial charge in [-0.1, -0.05) is 41.9 Å². The van der Waals surface area contributed by atoms with Crippen molar-refractivity contribution in [3.63, 3.8) is 0 Å². The van der Waals surface area contributed by atoms with E-state index in [-0.39, 0.29) is 5.82 Å². The highest BCUT2D eigenvalue weighted by atomic mass is 35.5. The highest BCUT2D eigenvalue weighted by Crippen LogP contribution is 2.34. The largest absolute Gasteiger partial charge is 0.301 e. The van der Waals surface area contributed by atoms with Crippen LogP contribution in [-0.4, -0.2) is 14.5 Å². The number of rotatable bonds is 2. The van der Waals surface area contributed by atoms with Gasteiger partial charge in [-0.15, -0.1) is 0 Å². The predicted molar refractivity (Wildman–Crippen MR) is 89.3 cm³/mol. The number of aromatic nitrogens is 3. The number of hydrogen-bond acceptors (Lipinski definition) is 2. The molecule has 2 heterocycles. The third-order valence-corrected chi connectivity index (χ3v) is 4.01. The van der Waals surface area contributed by atoms with E-state index in [1.54, 1.807) is 12.1 Å². The minimum atomic E-state index is -0.275. The van der Waals surface area contributed by atoms with Gasteiger partial charge in [-0.3, -0.25) is 0 Å². The normalized spacial score (nSPS) is 11.0. The maximum absolute atomic E-state index is 13.2. The summed E-state index contributed by atoms with van der Waals surface area (Å²) < 4.78 is 15.2. The van der Waals surface area contributed by atoms with Crippen molar-refractivity contribution < 1.29 is 4.39 Å². The third kappa shape index (κ3) is 2.37. The zero-order valence-corrected chi connectivity index (χ0v) is 12.7. The summed E-state index contributed by atoms with van der Waals surface area (Å²) in [4.78, 5) is 8.46. The highest BCUT2D eigenvalue weighted by Gasteiger charge is 2.16. The molecule has 0 radical (unpaired) electrons. The van der Waals surface area contributed by atoms with Crippen molar-refractivity contribution in [2.75, 3.05) is 0 Å². The van der Waals surface area contributed by atoms with Crippen LogP contribution in [0.2, 0.25) is 5.15 Å². The fourth-order valence-corrected chi connectivity index (χ4v) is 2.89. The van der Waals surface area contributed by atoms with Gasteiger partial charge in [0.05, 0.1) is 5.39 Å². The molecule has 4 aromatic rings. The van der Waals surface area contributed by atoms with Gasteiger partial charge in [-0.2, -0.15) is 0 Å². The molecule has 0 bridgehead atoms. The van der Waals surface area contributed by atoms with Crippen LogP contribution in [0.1, 0.15) is 0 Å². The van der Waals surface area contributed by atoms with Gasteiger partial charge >= 0.3 is 0 Å². The van der Waals surface area contributed by atoms with E-state index >= 15 is 0 Å². The smallest absolute Gasteiger partial charge is 0.150 e. The van der Waals surface area contributed by atoms with Gasteiger partial charge in [0.1, 0.15) is 22.9 Å². The molecule has 0 unspecified atom stereocenters. The van der Waals surface area contributed by atoms with E-state index in [9.17, 15) is 4.39 Å². The fourth-order valence-electron chi connectivity index (χ4n) is 2.66. The summed E-state index contributed by atoms with van der Waals surface area (Å²) in [5.74, 6) is -0.275. The van der Waals surface area contributed by atoms with Crippen molar-refractivity contribution in [2.45, 2.75) is 0 Å². The molecule has 0 amide bonds. The first-order chi connectivity index (χ1) is 11.2. The first-order valence-electron chi connectivity index (χ1n) is 7.07. The fraction of sp³-hybridized carbons (Fsp3) is 0. The van der Waals surface area contributed by atoms with Gasteiger partial charge in [-0.25, -0.2) is 14.4 Å². The van der Waals surface area contributed by atoms with Crippen molar-refractivity contribution in [3.05, 3.63) is 78.1 Å². The minimum Gasteiger partial charge on any atom is -0.301 e. The van der Waals surface area contributed by atoms with Crippen molar-refractivity contribution in [1.82, 2.24) is 14.5 Å². The Morgan fingerprint density at radius 2 is 1.65 bits per heavy atom. The van der Waals surface area contributed by atoms with E-state index in [0.29, 0.717) is 5.15 Å². The average Bonchev–Trinajstić information content (AvgIpc) is 2.97. The Morgan fingerprint density at radius 3 is 2.39 bits per heavy atom. The highest BCUT2D eigenvalue weighted by molar-refractivity contribution is 6.35. The van der Waals surface area contributed by atoms with Gasteiger partial charge in [0.2, 0.25) is 0 Å². The van der Waals surface area contributed by atoms with Gasteiger partial charge in [0.15, 0.2) is 0 Å². The Morgan fingerprint density at radius 1 is 0.913 bits per heavy atom. The Kier molecular flexibility index (Phi) is 3.32. The Bertz CT molecular complexity index is 979. The summed E-state index contributed by atoms with van der Waals surface area (Å²) in [5.41, 5.74) is 3.42. The van der Waals surface area contributed by atoms with E-state index in [4.69, 9.17) is 11.6 Å². The second-order valence-corrected chi connectivity index (χ2v) is 5.48. The molecule has 3 nitrogen and oxygen atoms in total. The van der Waals surface area contributed by atoms with Crippen molar-refractivity contribution in [2.24, 2.45) is 0 Å². The first kappa shape index (κ1) is 13.9. The predicted octanol–water partition coefficient (Wildman–Crippen LogP) is 4.88. The molecule has 0 N–H and O–H groups in total. The van der Waals surface area contributed by atoms with E-state index < -0.39 is 0 Å². The maximum Gasteiger partial charge on any atom is 0.150 e. The number of hydrogen-bond donors (Lipinski definition) is 0. The lowest BCUT2D eigenvalue weighted by Gasteiger charge is -2.03. The molecule has 23 heavy (non-hydrogen) atoms. The summed E-state index contributed by atoms with van der Waals surface area (Å²) in [6.07, 6.45) is 3.40. The Labute approximate surface area is 137 Å². The molecule has 0 fully saturated rings. The van der Waals surface area contributed by atoms with Crippen LogP contribution in [0, 0.1) is 5.82 Å². The molecule has 0 aliphatic rings. The lowest BCUT2D eigenvalue weighted by Crippen LogP contribution is -1.93. The second-order valence-electron chi connectivity index (χ2n) is 5.12. The molecule has 2 aromatic carbocycles. The summed E-state index contributed by atoms with van der Waals surface area (Å²) in [6.45, 7) is 0. The van der Waals surface area contributed by atoms with E-state index in [1.165, 1.54) is 18.5 Å². The van der Waals surface area contributed by atoms with E-state index in [2.05, 4.69) is 9.97 Å². The summed E-state index contributed by atoms with van der Waals surface area (Å²) in [5, 5.41) is 1.13. The quantitative estimate of drug-likeness (QED) is 0.492. The molecule has 0 aliphatic heterocycles. The van der Waals surface area contributed by atoms with Crippen molar-refractivity contribution >= 4 is 22.6 Å². The monoisotopic (exact) mass is 323 g/mol. The molecule has 0 atom stereocenters. The molecule has 4 rings (SSSR count). The maximum atomic E-state index is 13.2. The number of fused-ring (bicyclic) bond motifs is 1. The van der Waals surface area contributed by atoms with Crippen LogP contribution < -0.4 is 0 Å². The minimum absolute atomic E-state index is 0.275. The van der Waals surface area contributed by atoms with Crippen LogP contribution in [0.4, 0.5) is 4.39 Å². The molecule has 2 aromatic heterocycles. The number of benzene rings is 2. The summed E-state index contributed by atoms with van der Waals surface area (Å²) in [7, 11) is 0. The number of halogens is 2. The number of nitrogens with zero attached hydrogens (tertiary/aromatic N) is 3. The lowest BCUT2D eigenvalue weighted by atomic mass is 10.1. The van der Waals surface area contributed by atoms with E-state index in [0.717, 1.165) is 27.8 Å². The van der Waals surface area contributed by atoms with Crippen LogP contribution in [0.5, 0.6) is 0 Å². The summed E-state index contributed by atoms with van der Waals surface area (Å²) in [6, 6.07) is 16.2. The van der Waals surface area contributed by atoms with Gasteiger partial charge in [0.25, 0.3) is 0 Å². The van der Waals surface area contributed by atoms with Crippen molar-refractivity contribution in [1.29, 1.82) is 0 Å². The average molecular weight is 324 g/mol. The van der Waals surface area contributed by atoms with Crippen LogP contribution in [0.25, 0.3) is 27.8 Å². The SMILES string of the molecule is Fc1ccc(-c2cn(-c3ccccc3)c3ncnc(Cl)c23)cc1. The molecule has 0 saturated heterocycles. The standard InChI is InChI=1S/C18H11ClFN3/c19-17-16-15(12-6-8-13(20)9-7-12)10-23(18(16)22-11-21-17)14-4-2-1-3-5-14/h1-11H. The van der Waals surface area contributed by atoms with Gasteiger partial charge < -0.3 is 4.57 Å². The molecule has 112 valence electrons. The Hall–Kier alpha value is -2.72. The van der Waals surface area contributed by atoms with Crippen LogP contribution >= 0.6 is 11.6 Å². The van der Waals surface area contributed by atoms with Gasteiger partial charge in [0, 0.05) is 17.4 Å². The van der Waals surface area contributed by atoms with Crippen LogP contribution in [0.15, 0.2) is 67.1 Å². The van der Waals surface area contributed by atoms with Crippen LogP contribution in [-0.2, 0) is 0 Å². The molecule has 0 aliphatic carbocycles. The topological polar surface area (TPSA) is 30.7 Å². The van der Waals surface area contributed by atoms with Crippen LogP contribution in [0.3, 0.4) is 0 Å². The molecule has 0 saturated carbocycles. The van der Waals surface area contributed by atoms with E-state index in [1.807, 2.05) is 41.1 Å². The molecule has 5 heteroatoms.